The van der Waals surface area contributed by atoms with Gasteiger partial charge in [0.15, 0.2) is 0 Å². The van der Waals surface area contributed by atoms with E-state index in [0.717, 1.165) is 31.6 Å². The fourth-order valence-electron chi connectivity index (χ4n) is 2.12. The molecule has 100 valence electrons. The van der Waals surface area contributed by atoms with E-state index < -0.39 is 0 Å². The predicted molar refractivity (Wildman–Crippen MR) is 76.4 cm³/mol. The highest BCUT2D eigenvalue weighted by atomic mass is 35.5. The van der Waals surface area contributed by atoms with Crippen LogP contribution in [0.15, 0.2) is 30.3 Å². The largest absolute Gasteiger partial charge is 0.323 e. The Hall–Kier alpha value is -1.26. The summed E-state index contributed by atoms with van der Waals surface area (Å²) in [6.45, 7) is 1.63. The molecule has 2 N–H and O–H groups in total. The van der Waals surface area contributed by atoms with Gasteiger partial charge < -0.3 is 15.5 Å². The third-order valence-electron chi connectivity index (χ3n) is 3.14. The predicted octanol–water partition coefficient (Wildman–Crippen LogP) is 2.32. The van der Waals surface area contributed by atoms with Crippen LogP contribution in [-0.2, 0) is 0 Å². The Morgan fingerprint density at radius 3 is 2.72 bits per heavy atom. The molecular weight excluding hydrogens is 250 g/mol. The van der Waals surface area contributed by atoms with Crippen LogP contribution in [0, 0.1) is 0 Å². The fourth-order valence-corrected chi connectivity index (χ4v) is 2.12. The first-order chi connectivity index (χ1) is 8.29. The number of carbonyl (C=O) groups is 1. The number of nitrogens with one attached hydrogen (secondary N) is 2. The van der Waals surface area contributed by atoms with Crippen molar-refractivity contribution in [3.8, 4) is 0 Å². The van der Waals surface area contributed by atoms with E-state index >= 15 is 0 Å². The molecule has 5 heteroatoms. The summed E-state index contributed by atoms with van der Waals surface area (Å²) in [5.74, 6) is 0. The number of nitrogens with zero attached hydrogens (tertiary/aromatic N) is 1. The summed E-state index contributed by atoms with van der Waals surface area (Å²) in [6, 6.07) is 9.99. The van der Waals surface area contributed by atoms with Crippen LogP contribution in [0.5, 0.6) is 0 Å². The molecule has 1 atom stereocenters. The number of urea groups is 1. The van der Waals surface area contributed by atoms with Gasteiger partial charge in [-0.15, -0.1) is 12.4 Å². The number of halogens is 1. The van der Waals surface area contributed by atoms with E-state index in [4.69, 9.17) is 0 Å². The minimum absolute atomic E-state index is 0. The summed E-state index contributed by atoms with van der Waals surface area (Å²) in [7, 11) is 1.95. The van der Waals surface area contributed by atoms with E-state index in [1.807, 2.05) is 42.3 Å². The molecule has 4 nitrogen and oxygen atoms in total. The molecule has 0 aromatic heterocycles. The molecule has 1 aliphatic heterocycles. The van der Waals surface area contributed by atoms with Crippen LogP contribution < -0.4 is 10.6 Å². The van der Waals surface area contributed by atoms with E-state index in [-0.39, 0.29) is 18.4 Å². The monoisotopic (exact) mass is 269 g/mol. The Balaban J connectivity index is 0.00000162. The average molecular weight is 270 g/mol. The Morgan fingerprint density at radius 2 is 2.06 bits per heavy atom. The van der Waals surface area contributed by atoms with Gasteiger partial charge in [0.1, 0.15) is 0 Å². The lowest BCUT2D eigenvalue weighted by Gasteiger charge is -2.32. The molecule has 1 heterocycles. The molecule has 0 radical (unpaired) electrons. The molecule has 0 bridgehead atoms. The lowest BCUT2D eigenvalue weighted by Crippen LogP contribution is -2.48. The van der Waals surface area contributed by atoms with Crippen molar-refractivity contribution < 1.29 is 4.79 Å². The highest BCUT2D eigenvalue weighted by molar-refractivity contribution is 5.89. The number of amides is 2. The van der Waals surface area contributed by atoms with Crippen molar-refractivity contribution in [2.75, 3.05) is 25.5 Å². The van der Waals surface area contributed by atoms with Crippen molar-refractivity contribution in [3.63, 3.8) is 0 Å². The minimum Gasteiger partial charge on any atom is -0.323 e. The molecule has 18 heavy (non-hydrogen) atoms. The number of hydrogen-bond acceptors (Lipinski definition) is 2. The van der Waals surface area contributed by atoms with E-state index in [1.54, 1.807) is 0 Å². The third kappa shape index (κ3) is 3.89. The maximum Gasteiger partial charge on any atom is 0.321 e. The molecule has 0 spiro atoms. The number of carbonyl (C=O) groups excluding carboxylic acids is 1. The summed E-state index contributed by atoms with van der Waals surface area (Å²) in [4.78, 5) is 13.9. The maximum absolute atomic E-state index is 12.0. The van der Waals surface area contributed by atoms with E-state index in [2.05, 4.69) is 10.6 Å². The Bertz CT molecular complexity index is 372. The molecule has 1 fully saturated rings. The van der Waals surface area contributed by atoms with Gasteiger partial charge in [-0.05, 0) is 32.0 Å². The molecule has 0 unspecified atom stereocenters. The number of hydrogen-bond donors (Lipinski definition) is 2. The van der Waals surface area contributed by atoms with Crippen molar-refractivity contribution >= 4 is 24.1 Å². The molecule has 2 amide bonds. The van der Waals surface area contributed by atoms with Crippen LogP contribution in [0.25, 0.3) is 0 Å². The lowest BCUT2D eigenvalue weighted by molar-refractivity contribution is 0.187. The Morgan fingerprint density at radius 1 is 1.33 bits per heavy atom. The maximum atomic E-state index is 12.0. The average Bonchev–Trinajstić information content (AvgIpc) is 2.40. The standard InChI is InChI=1S/C13H19N3O.ClH/c1-14-12-8-5-9-16(10-12)13(17)15-11-6-3-2-4-7-11;/h2-4,6-7,12,14H,5,8-10H2,1H3,(H,15,17);1H/t12-;/m0./s1. The molecule has 1 aromatic rings. The number of para-hydroxylation sites is 1. The second kappa shape index (κ2) is 7.24. The number of piperidine rings is 1. The molecule has 1 aliphatic rings. The van der Waals surface area contributed by atoms with Crippen LogP contribution in [-0.4, -0.2) is 37.1 Å². The topological polar surface area (TPSA) is 44.4 Å². The van der Waals surface area contributed by atoms with Gasteiger partial charge in [-0.3, -0.25) is 0 Å². The zero-order valence-electron chi connectivity index (χ0n) is 10.6. The smallest absolute Gasteiger partial charge is 0.321 e. The second-order valence-electron chi connectivity index (χ2n) is 4.37. The molecular formula is C13H20ClN3O. The third-order valence-corrected chi connectivity index (χ3v) is 3.14. The lowest BCUT2D eigenvalue weighted by atomic mass is 10.1. The highest BCUT2D eigenvalue weighted by Gasteiger charge is 2.22. The van der Waals surface area contributed by atoms with E-state index in [0.29, 0.717) is 6.04 Å². The fraction of sp³-hybridized carbons (Fsp3) is 0.462. The number of benzene rings is 1. The molecule has 1 aromatic carbocycles. The van der Waals surface area contributed by atoms with Crippen molar-refractivity contribution in [3.05, 3.63) is 30.3 Å². The summed E-state index contributed by atoms with van der Waals surface area (Å²) >= 11 is 0. The van der Waals surface area contributed by atoms with Crippen molar-refractivity contribution in [1.82, 2.24) is 10.2 Å². The van der Waals surface area contributed by atoms with Crippen LogP contribution >= 0.6 is 12.4 Å². The van der Waals surface area contributed by atoms with Gasteiger partial charge in [-0.1, -0.05) is 18.2 Å². The first kappa shape index (κ1) is 14.8. The summed E-state index contributed by atoms with van der Waals surface area (Å²) < 4.78 is 0. The highest BCUT2D eigenvalue weighted by Crippen LogP contribution is 2.12. The molecule has 1 saturated heterocycles. The quantitative estimate of drug-likeness (QED) is 0.866. The van der Waals surface area contributed by atoms with Crippen LogP contribution in [0.1, 0.15) is 12.8 Å². The summed E-state index contributed by atoms with van der Waals surface area (Å²) in [6.07, 6.45) is 2.21. The van der Waals surface area contributed by atoms with Gasteiger partial charge in [0, 0.05) is 24.8 Å². The number of likely N-dealkylation sites (N-methyl/N-ethyl adjacent to an activating group) is 1. The van der Waals surface area contributed by atoms with Crippen molar-refractivity contribution in [1.29, 1.82) is 0 Å². The van der Waals surface area contributed by atoms with Gasteiger partial charge in [0.25, 0.3) is 0 Å². The Kier molecular flexibility index (Phi) is 5.95. The van der Waals surface area contributed by atoms with Gasteiger partial charge >= 0.3 is 6.03 Å². The first-order valence-corrected chi connectivity index (χ1v) is 6.08. The number of likely N-dealkylation sites (tertiary alicyclic amines) is 1. The minimum atomic E-state index is -0.00356. The van der Waals surface area contributed by atoms with Crippen molar-refractivity contribution in [2.24, 2.45) is 0 Å². The zero-order chi connectivity index (χ0) is 12.1. The van der Waals surface area contributed by atoms with E-state index in [9.17, 15) is 4.79 Å². The van der Waals surface area contributed by atoms with Gasteiger partial charge in [-0.2, -0.15) is 0 Å². The van der Waals surface area contributed by atoms with Crippen molar-refractivity contribution in [2.45, 2.75) is 18.9 Å². The first-order valence-electron chi connectivity index (χ1n) is 6.08. The van der Waals surface area contributed by atoms with Gasteiger partial charge in [0.2, 0.25) is 0 Å². The second-order valence-corrected chi connectivity index (χ2v) is 4.37. The zero-order valence-corrected chi connectivity index (χ0v) is 11.4. The van der Waals surface area contributed by atoms with Crippen LogP contribution in [0.3, 0.4) is 0 Å². The SMILES string of the molecule is CN[C@H]1CCCN(C(=O)Nc2ccccc2)C1.Cl. The number of rotatable bonds is 2. The Labute approximate surface area is 114 Å². The molecule has 0 aliphatic carbocycles. The normalized spacial score (nSPS) is 18.9. The van der Waals surface area contributed by atoms with Gasteiger partial charge in [0.05, 0.1) is 0 Å². The van der Waals surface area contributed by atoms with Crippen LogP contribution in [0.2, 0.25) is 0 Å². The molecule has 2 rings (SSSR count). The molecule has 0 saturated carbocycles. The van der Waals surface area contributed by atoms with E-state index in [1.165, 1.54) is 0 Å². The van der Waals surface area contributed by atoms with Gasteiger partial charge in [-0.25, -0.2) is 4.79 Å². The summed E-state index contributed by atoms with van der Waals surface area (Å²) in [5, 5.41) is 6.15. The van der Waals surface area contributed by atoms with Crippen LogP contribution in [0.4, 0.5) is 10.5 Å². The number of anilines is 1. The summed E-state index contributed by atoms with van der Waals surface area (Å²) in [5.41, 5.74) is 0.851.